The molecular weight excluding hydrogens is 238 g/mol. The summed E-state index contributed by atoms with van der Waals surface area (Å²) in [5.41, 5.74) is 3.61. The molecule has 0 aliphatic carbocycles. The van der Waals surface area contributed by atoms with Crippen LogP contribution in [0.5, 0.6) is 0 Å². The van der Waals surface area contributed by atoms with Crippen LogP contribution in [0.4, 0.5) is 11.4 Å². The van der Waals surface area contributed by atoms with Gasteiger partial charge in [-0.3, -0.25) is 0 Å². The van der Waals surface area contributed by atoms with Crippen LogP contribution in [0.25, 0.3) is 0 Å². The topological polar surface area (TPSA) is 40.3 Å². The maximum absolute atomic E-state index is 5.37. The molecule has 4 nitrogen and oxygen atoms in total. The van der Waals surface area contributed by atoms with Crippen molar-refractivity contribution in [3.05, 3.63) is 48.3 Å². The predicted octanol–water partition coefficient (Wildman–Crippen LogP) is 2.46. The van der Waals surface area contributed by atoms with Gasteiger partial charge in [0.25, 0.3) is 0 Å². The molecule has 2 heterocycles. The molecule has 1 aliphatic heterocycles. The summed E-state index contributed by atoms with van der Waals surface area (Å²) in [6.45, 7) is 4.44. The molecular formula is C15H19N3O. The fourth-order valence-electron chi connectivity index (χ4n) is 2.29. The van der Waals surface area contributed by atoms with Gasteiger partial charge < -0.3 is 19.9 Å². The van der Waals surface area contributed by atoms with E-state index in [1.165, 1.54) is 11.4 Å². The van der Waals surface area contributed by atoms with Gasteiger partial charge in [0.05, 0.1) is 19.8 Å². The molecule has 1 aliphatic rings. The molecule has 19 heavy (non-hydrogen) atoms. The third kappa shape index (κ3) is 3.09. The smallest absolute Gasteiger partial charge is 0.0642 e. The van der Waals surface area contributed by atoms with Crippen molar-refractivity contribution in [2.75, 3.05) is 36.5 Å². The van der Waals surface area contributed by atoms with Crippen molar-refractivity contribution >= 4 is 11.4 Å². The Hall–Kier alpha value is -1.94. The summed E-state index contributed by atoms with van der Waals surface area (Å²) < 4.78 is 5.37. The summed E-state index contributed by atoms with van der Waals surface area (Å²) in [6.07, 6.45) is 1.94. The second-order valence-corrected chi connectivity index (χ2v) is 4.70. The molecule has 4 heteroatoms. The van der Waals surface area contributed by atoms with Crippen molar-refractivity contribution < 1.29 is 4.74 Å². The Balaban J connectivity index is 1.58. The summed E-state index contributed by atoms with van der Waals surface area (Å²) in [7, 11) is 0. The van der Waals surface area contributed by atoms with Gasteiger partial charge in [-0.1, -0.05) is 0 Å². The average molecular weight is 257 g/mol. The van der Waals surface area contributed by atoms with E-state index in [-0.39, 0.29) is 0 Å². The molecule has 3 rings (SSSR count). The average Bonchev–Trinajstić information content (AvgIpc) is 3.00. The molecule has 1 aromatic heterocycles. The SMILES string of the molecule is c1c[nH]c(CNc2ccc(N3CCOCC3)cc2)c1. The number of aromatic nitrogens is 1. The second-order valence-electron chi connectivity index (χ2n) is 4.70. The normalized spacial score (nSPS) is 15.5. The molecule has 0 spiro atoms. The zero-order valence-corrected chi connectivity index (χ0v) is 10.9. The maximum Gasteiger partial charge on any atom is 0.0642 e. The van der Waals surface area contributed by atoms with Crippen molar-refractivity contribution in [2.45, 2.75) is 6.54 Å². The number of ether oxygens (including phenoxy) is 1. The molecule has 2 aromatic rings. The minimum atomic E-state index is 0.823. The Labute approximate surface area is 113 Å². The Morgan fingerprint density at radius 2 is 1.89 bits per heavy atom. The largest absolute Gasteiger partial charge is 0.379 e. The molecule has 0 saturated carbocycles. The highest BCUT2D eigenvalue weighted by Crippen LogP contribution is 2.19. The van der Waals surface area contributed by atoms with Gasteiger partial charge in [0.15, 0.2) is 0 Å². The zero-order valence-electron chi connectivity index (χ0n) is 10.9. The first kappa shape index (κ1) is 12.1. The molecule has 0 amide bonds. The van der Waals surface area contributed by atoms with Crippen LogP contribution in [0, 0.1) is 0 Å². The highest BCUT2D eigenvalue weighted by molar-refractivity contribution is 5.55. The van der Waals surface area contributed by atoms with Gasteiger partial charge in [-0.05, 0) is 36.4 Å². The molecule has 1 aromatic carbocycles. The van der Waals surface area contributed by atoms with E-state index in [4.69, 9.17) is 4.74 Å². The molecule has 1 saturated heterocycles. The van der Waals surface area contributed by atoms with Crippen LogP contribution in [0.2, 0.25) is 0 Å². The lowest BCUT2D eigenvalue weighted by Crippen LogP contribution is -2.36. The molecule has 0 unspecified atom stereocenters. The van der Waals surface area contributed by atoms with Crippen LogP contribution in [0.3, 0.4) is 0 Å². The van der Waals surface area contributed by atoms with Gasteiger partial charge in [-0.25, -0.2) is 0 Å². The fraction of sp³-hybridized carbons (Fsp3) is 0.333. The highest BCUT2D eigenvalue weighted by atomic mass is 16.5. The molecule has 0 bridgehead atoms. The summed E-state index contributed by atoms with van der Waals surface area (Å²) in [5, 5.41) is 3.40. The number of benzene rings is 1. The summed E-state index contributed by atoms with van der Waals surface area (Å²) in [4.78, 5) is 5.55. The Bertz CT molecular complexity index is 487. The minimum Gasteiger partial charge on any atom is -0.379 e. The number of hydrogen-bond donors (Lipinski definition) is 2. The first-order valence-electron chi connectivity index (χ1n) is 6.71. The predicted molar refractivity (Wildman–Crippen MR) is 77.6 cm³/mol. The zero-order chi connectivity index (χ0) is 12.9. The maximum atomic E-state index is 5.37. The molecule has 1 fully saturated rings. The van der Waals surface area contributed by atoms with Crippen molar-refractivity contribution in [2.24, 2.45) is 0 Å². The van der Waals surface area contributed by atoms with Crippen LogP contribution < -0.4 is 10.2 Å². The number of nitrogens with one attached hydrogen (secondary N) is 2. The lowest BCUT2D eigenvalue weighted by molar-refractivity contribution is 0.122. The fourth-order valence-corrected chi connectivity index (χ4v) is 2.29. The van der Waals surface area contributed by atoms with E-state index in [0.29, 0.717) is 0 Å². The Morgan fingerprint density at radius 1 is 1.11 bits per heavy atom. The van der Waals surface area contributed by atoms with Crippen molar-refractivity contribution in [3.63, 3.8) is 0 Å². The van der Waals surface area contributed by atoms with E-state index in [1.54, 1.807) is 0 Å². The van der Waals surface area contributed by atoms with E-state index in [9.17, 15) is 0 Å². The second kappa shape index (κ2) is 5.80. The number of H-pyrrole nitrogens is 1. The van der Waals surface area contributed by atoms with Crippen molar-refractivity contribution in [1.82, 2.24) is 4.98 Å². The van der Waals surface area contributed by atoms with Crippen LogP contribution in [-0.2, 0) is 11.3 Å². The van der Waals surface area contributed by atoms with Gasteiger partial charge in [0, 0.05) is 36.4 Å². The minimum absolute atomic E-state index is 0.823. The highest BCUT2D eigenvalue weighted by Gasteiger charge is 2.10. The van der Waals surface area contributed by atoms with Gasteiger partial charge in [0.1, 0.15) is 0 Å². The van der Waals surface area contributed by atoms with Gasteiger partial charge in [-0.2, -0.15) is 0 Å². The lowest BCUT2D eigenvalue weighted by Gasteiger charge is -2.28. The first-order valence-corrected chi connectivity index (χ1v) is 6.71. The summed E-state index contributed by atoms with van der Waals surface area (Å²) in [6, 6.07) is 12.7. The summed E-state index contributed by atoms with van der Waals surface area (Å²) in [5.74, 6) is 0. The number of aromatic amines is 1. The summed E-state index contributed by atoms with van der Waals surface area (Å²) >= 11 is 0. The molecule has 100 valence electrons. The third-order valence-corrected chi connectivity index (χ3v) is 3.39. The van der Waals surface area contributed by atoms with Gasteiger partial charge >= 0.3 is 0 Å². The van der Waals surface area contributed by atoms with Crippen LogP contribution in [0.1, 0.15) is 5.69 Å². The van der Waals surface area contributed by atoms with E-state index in [2.05, 4.69) is 45.5 Å². The number of rotatable bonds is 4. The number of hydrogen-bond acceptors (Lipinski definition) is 3. The molecule has 0 atom stereocenters. The van der Waals surface area contributed by atoms with E-state index < -0.39 is 0 Å². The van der Waals surface area contributed by atoms with Crippen molar-refractivity contribution in [1.29, 1.82) is 0 Å². The molecule has 2 N–H and O–H groups in total. The van der Waals surface area contributed by atoms with E-state index in [1.807, 2.05) is 12.3 Å². The van der Waals surface area contributed by atoms with Crippen LogP contribution in [-0.4, -0.2) is 31.3 Å². The number of anilines is 2. The monoisotopic (exact) mass is 257 g/mol. The van der Waals surface area contributed by atoms with Gasteiger partial charge in [-0.15, -0.1) is 0 Å². The lowest BCUT2D eigenvalue weighted by atomic mass is 10.2. The van der Waals surface area contributed by atoms with Crippen LogP contribution in [0.15, 0.2) is 42.6 Å². The molecule has 0 radical (unpaired) electrons. The Morgan fingerprint density at radius 3 is 2.58 bits per heavy atom. The standard InChI is InChI=1S/C15H19N3O/c1-2-14(16-7-1)12-17-13-3-5-15(6-4-13)18-8-10-19-11-9-18/h1-7,16-17H,8-12H2. The van der Waals surface area contributed by atoms with E-state index >= 15 is 0 Å². The van der Waals surface area contributed by atoms with E-state index in [0.717, 1.165) is 38.5 Å². The van der Waals surface area contributed by atoms with Crippen molar-refractivity contribution in [3.8, 4) is 0 Å². The Kier molecular flexibility index (Phi) is 3.70. The quantitative estimate of drug-likeness (QED) is 0.884. The number of morpholine rings is 1. The van der Waals surface area contributed by atoms with Gasteiger partial charge in [0.2, 0.25) is 0 Å². The third-order valence-electron chi connectivity index (χ3n) is 3.39. The van der Waals surface area contributed by atoms with Crippen LogP contribution >= 0.6 is 0 Å². The first-order chi connectivity index (χ1) is 9.42. The number of nitrogens with zero attached hydrogens (tertiary/aromatic N) is 1.